The smallest absolute Gasteiger partial charge is 0.163 e. The van der Waals surface area contributed by atoms with E-state index in [2.05, 4.69) is 16.0 Å². The van der Waals surface area contributed by atoms with Gasteiger partial charge in [0, 0.05) is 25.1 Å². The van der Waals surface area contributed by atoms with Crippen molar-refractivity contribution in [3.63, 3.8) is 0 Å². The largest absolute Gasteiger partial charge is 0.486 e. The highest BCUT2D eigenvalue weighted by atomic mass is 16.6. The molecule has 1 aliphatic heterocycles. The van der Waals surface area contributed by atoms with Crippen molar-refractivity contribution in [1.29, 1.82) is 5.26 Å². The molecule has 1 aromatic heterocycles. The molecule has 0 aliphatic carbocycles. The lowest BCUT2D eigenvalue weighted by molar-refractivity contribution is 0.172. The molecule has 0 saturated heterocycles. The fraction of sp³-hybridized carbons (Fsp3) is 0.300. The van der Waals surface area contributed by atoms with Gasteiger partial charge in [-0.15, -0.1) is 0 Å². The molecule has 0 amide bonds. The van der Waals surface area contributed by atoms with E-state index in [1.165, 1.54) is 0 Å². The first-order chi connectivity index (χ1) is 12.8. The third kappa shape index (κ3) is 2.98. The zero-order valence-electron chi connectivity index (χ0n) is 14.7. The summed E-state index contributed by atoms with van der Waals surface area (Å²) in [5.74, 6) is 2.47. The zero-order valence-corrected chi connectivity index (χ0v) is 14.7. The molecule has 2 heterocycles. The van der Waals surface area contributed by atoms with Crippen molar-refractivity contribution in [3.05, 3.63) is 53.3 Å². The van der Waals surface area contributed by atoms with Crippen LogP contribution in [0.2, 0.25) is 0 Å². The Morgan fingerprint density at radius 3 is 2.73 bits per heavy atom. The summed E-state index contributed by atoms with van der Waals surface area (Å²) in [5.41, 5.74) is 3.55. The number of imidazole rings is 1. The van der Waals surface area contributed by atoms with Crippen LogP contribution < -0.4 is 14.8 Å². The van der Waals surface area contributed by atoms with Crippen molar-refractivity contribution >= 4 is 11.0 Å². The third-order valence-electron chi connectivity index (χ3n) is 4.56. The molecule has 132 valence electrons. The van der Waals surface area contributed by atoms with E-state index in [1.807, 2.05) is 43.4 Å². The SMILES string of the molecule is CNCCc1nc2cc3c(cc2n1Cc1ccccc1C#N)OCCO3. The van der Waals surface area contributed by atoms with Gasteiger partial charge in [-0.25, -0.2) is 4.98 Å². The Morgan fingerprint density at radius 1 is 1.19 bits per heavy atom. The molecule has 3 aromatic rings. The van der Waals surface area contributed by atoms with Gasteiger partial charge in [0.15, 0.2) is 11.5 Å². The second-order valence-corrected chi connectivity index (χ2v) is 6.22. The zero-order chi connectivity index (χ0) is 17.9. The molecule has 0 radical (unpaired) electrons. The highest BCUT2D eigenvalue weighted by Gasteiger charge is 2.18. The molecule has 0 spiro atoms. The summed E-state index contributed by atoms with van der Waals surface area (Å²) in [6.07, 6.45) is 0.798. The van der Waals surface area contributed by atoms with Crippen molar-refractivity contribution in [2.24, 2.45) is 0 Å². The molecule has 0 atom stereocenters. The Balaban J connectivity index is 1.83. The highest BCUT2D eigenvalue weighted by Crippen LogP contribution is 2.35. The van der Waals surface area contributed by atoms with Gasteiger partial charge in [0.1, 0.15) is 19.0 Å². The molecule has 0 unspecified atom stereocenters. The number of aromatic nitrogens is 2. The molecule has 4 rings (SSSR count). The number of nitrogens with one attached hydrogen (secondary N) is 1. The number of likely N-dealkylation sites (N-methyl/N-ethyl adjacent to an activating group) is 1. The van der Waals surface area contributed by atoms with Crippen LogP contribution in [0.3, 0.4) is 0 Å². The number of rotatable bonds is 5. The van der Waals surface area contributed by atoms with Crippen molar-refractivity contribution in [2.75, 3.05) is 26.8 Å². The molecule has 26 heavy (non-hydrogen) atoms. The molecule has 0 fully saturated rings. The minimum atomic E-state index is 0.552. The van der Waals surface area contributed by atoms with Crippen LogP contribution in [0.1, 0.15) is 17.0 Å². The first-order valence-electron chi connectivity index (χ1n) is 8.71. The number of hydrogen-bond donors (Lipinski definition) is 1. The standard InChI is InChI=1S/C20H20N4O2/c1-22-7-6-20-23-16-10-18-19(26-9-8-25-18)11-17(16)24(20)13-15-5-3-2-4-14(15)12-21/h2-5,10-11,22H,6-9,13H2,1H3. The molecule has 0 bridgehead atoms. The molecule has 2 aromatic carbocycles. The highest BCUT2D eigenvalue weighted by molar-refractivity contribution is 5.81. The van der Waals surface area contributed by atoms with Gasteiger partial charge >= 0.3 is 0 Å². The van der Waals surface area contributed by atoms with E-state index in [0.717, 1.165) is 46.9 Å². The van der Waals surface area contributed by atoms with Gasteiger partial charge in [-0.3, -0.25) is 0 Å². The van der Waals surface area contributed by atoms with E-state index >= 15 is 0 Å². The Bertz CT molecular complexity index is 987. The second-order valence-electron chi connectivity index (χ2n) is 6.22. The maximum Gasteiger partial charge on any atom is 0.163 e. The normalized spacial score (nSPS) is 12.9. The van der Waals surface area contributed by atoms with Crippen LogP contribution in [0.15, 0.2) is 36.4 Å². The number of nitrogens with zero attached hydrogens (tertiary/aromatic N) is 3. The first-order valence-corrected chi connectivity index (χ1v) is 8.71. The van der Waals surface area contributed by atoms with Gasteiger partial charge < -0.3 is 19.4 Å². The van der Waals surface area contributed by atoms with Crippen LogP contribution in [0.25, 0.3) is 11.0 Å². The number of nitriles is 1. The van der Waals surface area contributed by atoms with E-state index in [1.54, 1.807) is 0 Å². The molecule has 1 N–H and O–H groups in total. The monoisotopic (exact) mass is 348 g/mol. The van der Waals surface area contributed by atoms with Crippen LogP contribution in [-0.4, -0.2) is 36.4 Å². The summed E-state index contributed by atoms with van der Waals surface area (Å²) in [5, 5.41) is 12.6. The van der Waals surface area contributed by atoms with Gasteiger partial charge in [0.2, 0.25) is 0 Å². The van der Waals surface area contributed by atoms with E-state index in [9.17, 15) is 5.26 Å². The minimum absolute atomic E-state index is 0.552. The van der Waals surface area contributed by atoms with E-state index in [-0.39, 0.29) is 0 Å². The summed E-state index contributed by atoms with van der Waals surface area (Å²) in [6.45, 7) is 2.53. The van der Waals surface area contributed by atoms with Crippen LogP contribution in [-0.2, 0) is 13.0 Å². The predicted molar refractivity (Wildman–Crippen MR) is 98.6 cm³/mol. The summed E-state index contributed by atoms with van der Waals surface area (Å²) < 4.78 is 13.6. The average Bonchev–Trinajstić information content (AvgIpc) is 3.01. The number of ether oxygens (including phenoxy) is 2. The summed E-state index contributed by atoms with van der Waals surface area (Å²) >= 11 is 0. The van der Waals surface area contributed by atoms with E-state index in [4.69, 9.17) is 14.5 Å². The lowest BCUT2D eigenvalue weighted by Crippen LogP contribution is -2.16. The molecule has 6 nitrogen and oxygen atoms in total. The summed E-state index contributed by atoms with van der Waals surface area (Å²) in [7, 11) is 1.93. The third-order valence-corrected chi connectivity index (χ3v) is 4.56. The molecule has 1 aliphatic rings. The number of hydrogen-bond acceptors (Lipinski definition) is 5. The van der Waals surface area contributed by atoms with Crippen LogP contribution in [0, 0.1) is 11.3 Å². The summed E-state index contributed by atoms with van der Waals surface area (Å²) in [4.78, 5) is 4.81. The van der Waals surface area contributed by atoms with Crippen LogP contribution in [0.5, 0.6) is 11.5 Å². The quantitative estimate of drug-likeness (QED) is 0.767. The summed E-state index contributed by atoms with van der Waals surface area (Å²) in [6, 6.07) is 13.9. The second kappa shape index (κ2) is 7.06. The van der Waals surface area contributed by atoms with Crippen molar-refractivity contribution in [1.82, 2.24) is 14.9 Å². The fourth-order valence-electron chi connectivity index (χ4n) is 3.25. The topological polar surface area (TPSA) is 72.1 Å². The molecular formula is C20H20N4O2. The van der Waals surface area contributed by atoms with E-state index in [0.29, 0.717) is 25.3 Å². The molecule has 6 heteroatoms. The van der Waals surface area contributed by atoms with Gasteiger partial charge in [-0.05, 0) is 18.7 Å². The fourth-order valence-corrected chi connectivity index (χ4v) is 3.25. The number of fused-ring (bicyclic) bond motifs is 2. The lowest BCUT2D eigenvalue weighted by Gasteiger charge is -2.18. The number of benzene rings is 2. The van der Waals surface area contributed by atoms with Crippen LogP contribution >= 0.6 is 0 Å². The lowest BCUT2D eigenvalue weighted by atomic mass is 10.1. The Morgan fingerprint density at radius 2 is 1.96 bits per heavy atom. The first kappa shape index (κ1) is 16.4. The van der Waals surface area contributed by atoms with Gasteiger partial charge in [0.05, 0.1) is 29.2 Å². The predicted octanol–water partition coefficient (Wildman–Crippen LogP) is 2.49. The van der Waals surface area contributed by atoms with Gasteiger partial charge in [-0.2, -0.15) is 5.26 Å². The van der Waals surface area contributed by atoms with Crippen LogP contribution in [0.4, 0.5) is 0 Å². The Hall–Kier alpha value is -3.04. The molecular weight excluding hydrogens is 328 g/mol. The maximum atomic E-state index is 9.41. The average molecular weight is 348 g/mol. The van der Waals surface area contributed by atoms with Gasteiger partial charge in [0.25, 0.3) is 0 Å². The van der Waals surface area contributed by atoms with Crippen molar-refractivity contribution in [2.45, 2.75) is 13.0 Å². The van der Waals surface area contributed by atoms with Gasteiger partial charge in [-0.1, -0.05) is 18.2 Å². The maximum absolute atomic E-state index is 9.41. The minimum Gasteiger partial charge on any atom is -0.486 e. The Labute approximate surface area is 152 Å². The van der Waals surface area contributed by atoms with Crippen molar-refractivity contribution < 1.29 is 9.47 Å². The van der Waals surface area contributed by atoms with Crippen molar-refractivity contribution in [3.8, 4) is 17.6 Å². The molecule has 0 saturated carbocycles. The van der Waals surface area contributed by atoms with E-state index < -0.39 is 0 Å². The Kier molecular flexibility index (Phi) is 4.46.